The monoisotopic (exact) mass is 351 g/mol. The number of hydrogen-bond donors (Lipinski definition) is 0. The van der Waals surface area contributed by atoms with Crippen LogP contribution in [0, 0.1) is 0 Å². The van der Waals surface area contributed by atoms with E-state index in [4.69, 9.17) is 21.1 Å². The van der Waals surface area contributed by atoms with Gasteiger partial charge in [0.05, 0.1) is 33.8 Å². The van der Waals surface area contributed by atoms with E-state index in [1.165, 1.54) is 11.8 Å². The van der Waals surface area contributed by atoms with Crippen LogP contribution in [0.5, 0.6) is 0 Å². The van der Waals surface area contributed by atoms with Crippen LogP contribution in [0.2, 0.25) is 0 Å². The van der Waals surface area contributed by atoms with Crippen LogP contribution in [0.25, 0.3) is 0 Å². The van der Waals surface area contributed by atoms with Gasteiger partial charge in [0.25, 0.3) is 0 Å². The largest absolute Gasteiger partial charge is 0.378 e. The van der Waals surface area contributed by atoms with Gasteiger partial charge >= 0.3 is 0 Å². The van der Waals surface area contributed by atoms with Crippen molar-refractivity contribution >= 4 is 34.3 Å². The average Bonchev–Trinajstić information content (AvgIpc) is 3.27. The molecule has 2 rings (SSSR count). The Morgan fingerprint density at radius 3 is 2.95 bits per heavy atom. The molecule has 1 saturated carbocycles. The maximum Gasteiger partial charge on any atom is 0.108 e. The summed E-state index contributed by atoms with van der Waals surface area (Å²) in [5, 5.41) is 0. The fourth-order valence-corrected chi connectivity index (χ4v) is 5.79. The second-order valence-corrected chi connectivity index (χ2v) is 9.21. The first-order valence-electron chi connectivity index (χ1n) is 6.99. The lowest BCUT2D eigenvalue weighted by Crippen LogP contribution is -2.55. The number of halogens is 1. The third-order valence-corrected chi connectivity index (χ3v) is 7.21. The highest BCUT2D eigenvalue weighted by Gasteiger charge is 2.54. The fraction of sp³-hybridized carbons (Fsp3) is 0.714. The molecule has 0 aromatic carbocycles. The molecule has 3 atom stereocenters. The van der Waals surface area contributed by atoms with Crippen molar-refractivity contribution in [1.29, 1.82) is 0 Å². The maximum atomic E-state index is 12.8. The summed E-state index contributed by atoms with van der Waals surface area (Å²) in [6.45, 7) is 7.39. The van der Waals surface area contributed by atoms with Crippen molar-refractivity contribution in [3.8, 4) is 0 Å². The molecule has 0 radical (unpaired) electrons. The van der Waals surface area contributed by atoms with E-state index in [9.17, 15) is 4.21 Å². The van der Waals surface area contributed by atoms with Crippen molar-refractivity contribution in [2.45, 2.75) is 36.0 Å². The van der Waals surface area contributed by atoms with Crippen LogP contribution in [0.15, 0.2) is 23.1 Å². The van der Waals surface area contributed by atoms with Gasteiger partial charge in [0.1, 0.15) is 11.0 Å². The Bertz CT molecular complexity index is 440. The number of rotatable bonds is 7. The average molecular weight is 352 g/mol. The van der Waals surface area contributed by atoms with Gasteiger partial charge in [0, 0.05) is 13.7 Å². The molecule has 120 valence electrons. The molecule has 0 spiro atoms. The van der Waals surface area contributed by atoms with Gasteiger partial charge in [0.2, 0.25) is 0 Å². The number of morpholine rings is 1. The Labute approximate surface area is 138 Å². The Balaban J connectivity index is 2.05. The molecule has 0 aromatic heterocycles. The number of allylic oxidation sites excluding steroid dienone is 2. The molecule has 0 amide bonds. The molecular formula is C14H22ClNO3S2. The molecule has 2 aliphatic rings. The van der Waals surface area contributed by atoms with Crippen molar-refractivity contribution in [2.24, 2.45) is 0 Å². The molecule has 0 N–H and O–H groups in total. The second-order valence-electron chi connectivity index (χ2n) is 5.17. The van der Waals surface area contributed by atoms with Gasteiger partial charge in [-0.05, 0) is 25.8 Å². The lowest BCUT2D eigenvalue weighted by atomic mass is 10.1. The normalized spacial score (nSPS) is 28.9. The van der Waals surface area contributed by atoms with E-state index in [1.807, 2.05) is 11.2 Å². The van der Waals surface area contributed by atoms with E-state index in [0.717, 1.165) is 12.8 Å². The quantitative estimate of drug-likeness (QED) is 0.661. The summed E-state index contributed by atoms with van der Waals surface area (Å²) >= 11 is 7.47. The zero-order valence-corrected chi connectivity index (χ0v) is 14.8. The highest BCUT2D eigenvalue weighted by atomic mass is 35.5. The minimum absolute atomic E-state index is 0.0577. The maximum absolute atomic E-state index is 12.8. The topological polar surface area (TPSA) is 38.8 Å². The predicted molar refractivity (Wildman–Crippen MR) is 89.6 cm³/mol. The number of ether oxygens (including phenoxy) is 2. The lowest BCUT2D eigenvalue weighted by Gasteiger charge is -2.39. The standard InChI is InChI=1S/C14H22ClNO3S2/c1-4-5-13(15)20-11(2)21(17)16-8-9-19-10-12(16)14(18-3)6-7-14/h4-5,11-12H,1,6-10H2,2-3H3/b13-5-. The van der Waals surface area contributed by atoms with Crippen molar-refractivity contribution < 1.29 is 13.7 Å². The summed E-state index contributed by atoms with van der Waals surface area (Å²) in [7, 11) is 0.590. The van der Waals surface area contributed by atoms with Gasteiger partial charge in [-0.3, -0.25) is 0 Å². The van der Waals surface area contributed by atoms with E-state index in [0.29, 0.717) is 24.1 Å². The van der Waals surface area contributed by atoms with Crippen LogP contribution < -0.4 is 0 Å². The Kier molecular flexibility index (Phi) is 6.35. The molecule has 2 fully saturated rings. The molecule has 1 aliphatic heterocycles. The summed E-state index contributed by atoms with van der Waals surface area (Å²) in [6.07, 6.45) is 5.36. The van der Waals surface area contributed by atoms with Gasteiger partial charge in [0.15, 0.2) is 0 Å². The minimum atomic E-state index is -1.14. The van der Waals surface area contributed by atoms with Gasteiger partial charge in [-0.25, -0.2) is 8.51 Å². The smallest absolute Gasteiger partial charge is 0.108 e. The van der Waals surface area contributed by atoms with Crippen molar-refractivity contribution in [1.82, 2.24) is 4.31 Å². The molecule has 1 saturated heterocycles. The molecule has 7 heteroatoms. The van der Waals surface area contributed by atoms with E-state index in [1.54, 1.807) is 19.3 Å². The SMILES string of the molecule is C=C/C=C(/Cl)SC(C)S(=O)N1CCOCC1C1(OC)CC1. The number of methoxy groups -OCH3 is 1. The third kappa shape index (κ3) is 4.12. The number of thioether (sulfide) groups is 1. The summed E-state index contributed by atoms with van der Waals surface area (Å²) in [6, 6.07) is 0.0577. The van der Waals surface area contributed by atoms with Gasteiger partial charge in [-0.1, -0.05) is 36.0 Å². The number of nitrogens with zero attached hydrogens (tertiary/aromatic N) is 1. The summed E-state index contributed by atoms with van der Waals surface area (Å²) in [5.41, 5.74) is -0.179. The summed E-state index contributed by atoms with van der Waals surface area (Å²) in [4.78, 5) is 0. The van der Waals surface area contributed by atoms with Crippen molar-refractivity contribution in [3.05, 3.63) is 23.1 Å². The van der Waals surface area contributed by atoms with Crippen LogP contribution in [-0.4, -0.2) is 51.6 Å². The molecular weight excluding hydrogens is 330 g/mol. The van der Waals surface area contributed by atoms with E-state index in [2.05, 4.69) is 6.58 Å². The predicted octanol–water partition coefficient (Wildman–Crippen LogP) is 2.88. The van der Waals surface area contributed by atoms with Gasteiger partial charge < -0.3 is 9.47 Å². The lowest BCUT2D eigenvalue weighted by molar-refractivity contribution is -0.0513. The molecule has 1 heterocycles. The van der Waals surface area contributed by atoms with Gasteiger partial charge in [-0.2, -0.15) is 0 Å². The molecule has 4 nitrogen and oxygen atoms in total. The molecule has 0 bridgehead atoms. The summed E-state index contributed by atoms with van der Waals surface area (Å²) in [5.74, 6) is 0. The third-order valence-electron chi connectivity index (χ3n) is 3.88. The van der Waals surface area contributed by atoms with Crippen LogP contribution in [0.3, 0.4) is 0 Å². The van der Waals surface area contributed by atoms with Crippen molar-refractivity contribution in [3.63, 3.8) is 0 Å². The van der Waals surface area contributed by atoms with Crippen LogP contribution in [0.4, 0.5) is 0 Å². The van der Waals surface area contributed by atoms with Crippen molar-refractivity contribution in [2.75, 3.05) is 26.9 Å². The van der Waals surface area contributed by atoms with E-state index in [-0.39, 0.29) is 16.2 Å². The molecule has 0 aromatic rings. The fourth-order valence-electron chi connectivity index (χ4n) is 2.54. The Morgan fingerprint density at radius 2 is 2.38 bits per heavy atom. The molecule has 1 aliphatic carbocycles. The first-order chi connectivity index (χ1) is 10.0. The van der Waals surface area contributed by atoms with E-state index < -0.39 is 11.0 Å². The number of hydrogen-bond acceptors (Lipinski definition) is 4. The zero-order valence-electron chi connectivity index (χ0n) is 12.4. The second kappa shape index (κ2) is 7.62. The summed E-state index contributed by atoms with van der Waals surface area (Å²) < 4.78 is 26.6. The highest BCUT2D eigenvalue weighted by molar-refractivity contribution is 8.14. The van der Waals surface area contributed by atoms with Crippen LogP contribution in [0.1, 0.15) is 19.8 Å². The highest BCUT2D eigenvalue weighted by Crippen LogP contribution is 2.46. The van der Waals surface area contributed by atoms with Crippen LogP contribution >= 0.6 is 23.4 Å². The van der Waals surface area contributed by atoms with E-state index >= 15 is 0 Å². The van der Waals surface area contributed by atoms with Gasteiger partial charge in [-0.15, -0.1) is 0 Å². The first-order valence-corrected chi connectivity index (χ1v) is 9.42. The van der Waals surface area contributed by atoms with Crippen LogP contribution in [-0.2, 0) is 20.5 Å². The minimum Gasteiger partial charge on any atom is -0.378 e. The Hall–Kier alpha value is 0.150. The Morgan fingerprint density at radius 1 is 1.67 bits per heavy atom. The molecule has 21 heavy (non-hydrogen) atoms. The zero-order chi connectivity index (χ0) is 15.5. The first kappa shape index (κ1) is 17.5. The molecule has 3 unspecified atom stereocenters.